The van der Waals surface area contributed by atoms with Gasteiger partial charge in [-0.2, -0.15) is 0 Å². The Morgan fingerprint density at radius 1 is 0.966 bits per heavy atom. The van der Waals surface area contributed by atoms with Gasteiger partial charge in [-0.1, -0.05) is 31.7 Å². The molecule has 1 saturated carbocycles. The van der Waals surface area contributed by atoms with E-state index < -0.39 is 11.9 Å². The van der Waals surface area contributed by atoms with Crippen molar-refractivity contribution in [2.24, 2.45) is 5.92 Å². The summed E-state index contributed by atoms with van der Waals surface area (Å²) in [5, 5.41) is 18.1. The summed E-state index contributed by atoms with van der Waals surface area (Å²) in [5.41, 5.74) is 1.12. The van der Waals surface area contributed by atoms with Gasteiger partial charge >= 0.3 is 11.9 Å². The zero-order valence-electron chi connectivity index (χ0n) is 16.8. The van der Waals surface area contributed by atoms with E-state index in [1.54, 1.807) is 0 Å². The third-order valence-electron chi connectivity index (χ3n) is 5.45. The quantitative estimate of drug-likeness (QED) is 0.519. The topological polar surface area (TPSA) is 120 Å². The van der Waals surface area contributed by atoms with Crippen LogP contribution in [0.15, 0.2) is 24.4 Å². The molecule has 3 rings (SSSR count). The molecule has 0 aromatic carbocycles. The van der Waals surface area contributed by atoms with Crippen molar-refractivity contribution in [3.05, 3.63) is 30.1 Å². The summed E-state index contributed by atoms with van der Waals surface area (Å²) < 4.78 is 0. The number of hydrogen-bond donors (Lipinski definition) is 3. The van der Waals surface area contributed by atoms with Gasteiger partial charge in [0.2, 0.25) is 5.91 Å². The van der Waals surface area contributed by atoms with Crippen LogP contribution in [0.4, 0.5) is 0 Å². The monoisotopic (exact) mass is 405 g/mol. The van der Waals surface area contributed by atoms with Crippen molar-refractivity contribution in [2.75, 3.05) is 13.1 Å². The summed E-state index contributed by atoms with van der Waals surface area (Å²) in [6.45, 7) is 2.90. The van der Waals surface area contributed by atoms with Gasteiger partial charge in [-0.05, 0) is 50.9 Å². The fourth-order valence-corrected chi connectivity index (χ4v) is 3.82. The Labute approximate surface area is 171 Å². The van der Waals surface area contributed by atoms with Crippen LogP contribution in [0.3, 0.4) is 0 Å². The highest BCUT2D eigenvalue weighted by Gasteiger charge is 2.26. The molecule has 1 aromatic rings. The Kier molecular flexibility index (Phi) is 9.56. The van der Waals surface area contributed by atoms with E-state index in [9.17, 15) is 4.79 Å². The van der Waals surface area contributed by atoms with Crippen LogP contribution in [0.5, 0.6) is 0 Å². The van der Waals surface area contributed by atoms with E-state index in [1.807, 2.05) is 18.3 Å². The van der Waals surface area contributed by atoms with Crippen molar-refractivity contribution in [3.63, 3.8) is 0 Å². The van der Waals surface area contributed by atoms with Crippen LogP contribution in [0, 0.1) is 5.92 Å². The van der Waals surface area contributed by atoms with Crippen LogP contribution >= 0.6 is 0 Å². The van der Waals surface area contributed by atoms with E-state index in [-0.39, 0.29) is 5.92 Å². The van der Waals surface area contributed by atoms with Crippen molar-refractivity contribution in [2.45, 2.75) is 64.0 Å². The molecule has 1 aliphatic carbocycles. The van der Waals surface area contributed by atoms with E-state index in [2.05, 4.69) is 21.3 Å². The Morgan fingerprint density at radius 3 is 2.10 bits per heavy atom. The van der Waals surface area contributed by atoms with Gasteiger partial charge in [0, 0.05) is 24.7 Å². The van der Waals surface area contributed by atoms with E-state index in [1.165, 1.54) is 38.5 Å². The highest BCUT2D eigenvalue weighted by molar-refractivity contribution is 6.27. The Hall–Kier alpha value is -2.48. The first-order valence-corrected chi connectivity index (χ1v) is 10.3. The fourth-order valence-electron chi connectivity index (χ4n) is 3.82. The smallest absolute Gasteiger partial charge is 0.414 e. The second-order valence-corrected chi connectivity index (χ2v) is 7.68. The Morgan fingerprint density at radius 2 is 1.59 bits per heavy atom. The number of nitrogens with zero attached hydrogens (tertiary/aromatic N) is 2. The van der Waals surface area contributed by atoms with E-state index in [0.29, 0.717) is 11.9 Å². The first-order chi connectivity index (χ1) is 14.0. The maximum absolute atomic E-state index is 12.5. The zero-order valence-corrected chi connectivity index (χ0v) is 16.8. The SMILES string of the molecule is O=C(NC1CCCCCC1)C1CCN(Cc2ccccn2)CC1.O=C(O)C(=O)O. The van der Waals surface area contributed by atoms with Crippen LogP contribution in [-0.2, 0) is 20.9 Å². The van der Waals surface area contributed by atoms with Crippen molar-refractivity contribution < 1.29 is 24.6 Å². The number of carbonyl (C=O) groups excluding carboxylic acids is 1. The van der Waals surface area contributed by atoms with Crippen molar-refractivity contribution >= 4 is 17.8 Å². The van der Waals surface area contributed by atoms with Gasteiger partial charge in [0.25, 0.3) is 0 Å². The van der Waals surface area contributed by atoms with Gasteiger partial charge in [-0.15, -0.1) is 0 Å². The highest BCUT2D eigenvalue weighted by Crippen LogP contribution is 2.21. The molecule has 1 aliphatic heterocycles. The summed E-state index contributed by atoms with van der Waals surface area (Å²) in [5.74, 6) is -3.14. The maximum Gasteiger partial charge on any atom is 0.414 e. The van der Waals surface area contributed by atoms with Gasteiger partial charge in [0.1, 0.15) is 0 Å². The molecule has 3 N–H and O–H groups in total. The average molecular weight is 405 g/mol. The lowest BCUT2D eigenvalue weighted by Crippen LogP contribution is -2.43. The summed E-state index contributed by atoms with van der Waals surface area (Å²) in [4.78, 5) is 37.5. The minimum absolute atomic E-state index is 0.207. The van der Waals surface area contributed by atoms with E-state index in [0.717, 1.165) is 38.2 Å². The molecular formula is C21H31N3O5. The minimum Gasteiger partial charge on any atom is -0.473 e. The first-order valence-electron chi connectivity index (χ1n) is 10.3. The molecule has 1 aromatic heterocycles. The van der Waals surface area contributed by atoms with Crippen molar-refractivity contribution in [1.82, 2.24) is 15.2 Å². The minimum atomic E-state index is -1.82. The molecule has 29 heavy (non-hydrogen) atoms. The number of aliphatic carboxylic acids is 2. The third kappa shape index (κ3) is 8.60. The summed E-state index contributed by atoms with van der Waals surface area (Å²) >= 11 is 0. The molecule has 1 amide bonds. The number of carboxylic acid groups (broad SMARTS) is 2. The van der Waals surface area contributed by atoms with Crippen molar-refractivity contribution in [1.29, 1.82) is 0 Å². The van der Waals surface area contributed by atoms with E-state index in [4.69, 9.17) is 19.8 Å². The third-order valence-corrected chi connectivity index (χ3v) is 5.45. The lowest BCUT2D eigenvalue weighted by Gasteiger charge is -2.31. The maximum atomic E-state index is 12.5. The number of pyridine rings is 1. The number of hydrogen-bond acceptors (Lipinski definition) is 5. The van der Waals surface area contributed by atoms with Crippen LogP contribution in [0.25, 0.3) is 0 Å². The standard InChI is InChI=1S/C19H29N3O.C2H2O4/c23-19(21-17-7-3-1-2-4-8-17)16-10-13-22(14-11-16)15-18-9-5-6-12-20-18;3-1(4)2(5)6/h5-6,9,12,16-17H,1-4,7-8,10-11,13-15H2,(H,21,23);(H,3,4)(H,5,6). The predicted octanol–water partition coefficient (Wildman–Crippen LogP) is 2.29. The molecule has 8 nitrogen and oxygen atoms in total. The number of nitrogens with one attached hydrogen (secondary N) is 1. The molecule has 0 unspecified atom stereocenters. The number of likely N-dealkylation sites (tertiary alicyclic amines) is 1. The second-order valence-electron chi connectivity index (χ2n) is 7.68. The number of piperidine rings is 1. The molecule has 2 aliphatic rings. The molecule has 0 atom stereocenters. The molecular weight excluding hydrogens is 374 g/mol. The van der Waals surface area contributed by atoms with Crippen molar-refractivity contribution in [3.8, 4) is 0 Å². The average Bonchev–Trinajstić information content (AvgIpc) is 2.98. The lowest BCUT2D eigenvalue weighted by molar-refractivity contribution is -0.159. The number of aromatic nitrogens is 1. The summed E-state index contributed by atoms with van der Waals surface area (Å²) in [7, 11) is 0. The van der Waals surface area contributed by atoms with Crippen LogP contribution in [0.2, 0.25) is 0 Å². The zero-order chi connectivity index (χ0) is 21.1. The van der Waals surface area contributed by atoms with Crippen LogP contribution in [-0.4, -0.2) is 57.1 Å². The Balaban J connectivity index is 0.000000438. The fraction of sp³-hybridized carbons (Fsp3) is 0.619. The van der Waals surface area contributed by atoms with Crippen LogP contribution < -0.4 is 5.32 Å². The highest BCUT2D eigenvalue weighted by atomic mass is 16.4. The van der Waals surface area contributed by atoms with Gasteiger partial charge in [-0.3, -0.25) is 14.7 Å². The predicted molar refractivity (Wildman–Crippen MR) is 107 cm³/mol. The molecule has 8 heteroatoms. The van der Waals surface area contributed by atoms with Gasteiger partial charge in [-0.25, -0.2) is 9.59 Å². The molecule has 1 saturated heterocycles. The number of rotatable bonds is 4. The molecule has 2 heterocycles. The summed E-state index contributed by atoms with van der Waals surface area (Å²) in [6.07, 6.45) is 11.4. The normalized spacial score (nSPS) is 18.8. The molecule has 0 spiro atoms. The molecule has 2 fully saturated rings. The summed E-state index contributed by atoms with van der Waals surface area (Å²) in [6, 6.07) is 6.49. The molecule has 0 radical (unpaired) electrons. The number of amides is 1. The number of carbonyl (C=O) groups is 3. The van der Waals surface area contributed by atoms with Gasteiger partial charge in [0.15, 0.2) is 0 Å². The first kappa shape index (κ1) is 22.8. The molecule has 0 bridgehead atoms. The van der Waals surface area contributed by atoms with Gasteiger partial charge in [0.05, 0.1) is 5.69 Å². The second kappa shape index (κ2) is 12.2. The number of carboxylic acids is 2. The van der Waals surface area contributed by atoms with E-state index >= 15 is 0 Å². The lowest BCUT2D eigenvalue weighted by atomic mass is 9.95. The van der Waals surface area contributed by atoms with Gasteiger partial charge < -0.3 is 15.5 Å². The van der Waals surface area contributed by atoms with Crippen LogP contribution in [0.1, 0.15) is 57.1 Å². The molecule has 160 valence electrons. The largest absolute Gasteiger partial charge is 0.473 e. The Bertz CT molecular complexity index is 640.